The van der Waals surface area contributed by atoms with Crippen molar-refractivity contribution in [2.75, 3.05) is 0 Å². The van der Waals surface area contributed by atoms with Gasteiger partial charge in [0.2, 0.25) is 5.79 Å². The molecule has 220 valence electrons. The van der Waals surface area contributed by atoms with E-state index in [2.05, 4.69) is 4.74 Å². The van der Waals surface area contributed by atoms with Crippen molar-refractivity contribution < 1.29 is 69.4 Å². The van der Waals surface area contributed by atoms with Crippen LogP contribution in [0.4, 0.5) is 8.78 Å². The number of alkyl halides is 2. The van der Waals surface area contributed by atoms with Gasteiger partial charge in [-0.1, -0.05) is 12.8 Å². The third-order valence-electron chi connectivity index (χ3n) is 7.20. The van der Waals surface area contributed by atoms with E-state index in [1.54, 1.807) is 13.8 Å². The van der Waals surface area contributed by atoms with Crippen molar-refractivity contribution >= 4 is 34.0 Å². The zero-order chi connectivity index (χ0) is 28.9. The van der Waals surface area contributed by atoms with E-state index in [9.17, 15) is 36.4 Å². The van der Waals surface area contributed by atoms with Gasteiger partial charge in [-0.2, -0.15) is 17.2 Å². The van der Waals surface area contributed by atoms with Crippen LogP contribution in [0.3, 0.4) is 0 Å². The molecule has 16 heteroatoms. The van der Waals surface area contributed by atoms with Gasteiger partial charge in [0.25, 0.3) is 0 Å². The lowest BCUT2D eigenvalue weighted by Crippen LogP contribution is -2.49. The Morgan fingerprint density at radius 3 is 2.31 bits per heavy atom. The van der Waals surface area contributed by atoms with Crippen LogP contribution in [-0.4, -0.2) is 84.5 Å². The molecule has 7 atom stereocenters. The van der Waals surface area contributed by atoms with Crippen molar-refractivity contribution in [3.8, 4) is 0 Å². The third kappa shape index (κ3) is 5.88. The number of halogens is 2. The van der Waals surface area contributed by atoms with E-state index in [4.69, 9.17) is 28.2 Å². The first kappa shape index (κ1) is 29.6. The molecule has 1 saturated carbocycles. The highest BCUT2D eigenvalue weighted by molar-refractivity contribution is 7.86. The minimum atomic E-state index is -5.84. The summed E-state index contributed by atoms with van der Waals surface area (Å²) in [7, 11) is -5.84. The van der Waals surface area contributed by atoms with Crippen molar-refractivity contribution in [3.05, 3.63) is 0 Å². The molecule has 0 spiro atoms. The van der Waals surface area contributed by atoms with E-state index in [-0.39, 0.29) is 6.10 Å². The molecule has 4 fully saturated rings. The summed E-state index contributed by atoms with van der Waals surface area (Å²) in [5, 5.41) is -4.76. The van der Waals surface area contributed by atoms with Gasteiger partial charge in [-0.3, -0.25) is 23.7 Å². The lowest BCUT2D eigenvalue weighted by atomic mass is 9.78. The van der Waals surface area contributed by atoms with Gasteiger partial charge in [-0.25, -0.2) is 0 Å². The Morgan fingerprint density at radius 2 is 1.69 bits per heavy atom. The highest BCUT2D eigenvalue weighted by atomic mass is 32.2. The van der Waals surface area contributed by atoms with Crippen molar-refractivity contribution in [1.29, 1.82) is 0 Å². The monoisotopic (exact) mass is 584 g/mol. The number of carbonyl (C=O) groups excluding carboxylic acids is 4. The van der Waals surface area contributed by atoms with E-state index < -0.39 is 100 Å². The highest BCUT2D eigenvalue weighted by Gasteiger charge is 2.72. The van der Waals surface area contributed by atoms with Crippen LogP contribution in [0.15, 0.2) is 0 Å². The Morgan fingerprint density at radius 1 is 1.08 bits per heavy atom. The maximum Gasteiger partial charge on any atom is 0.405 e. The van der Waals surface area contributed by atoms with Gasteiger partial charge in [0.1, 0.15) is 24.0 Å². The van der Waals surface area contributed by atoms with Gasteiger partial charge in [0.05, 0.1) is 18.9 Å². The van der Waals surface area contributed by atoms with E-state index in [1.165, 1.54) is 0 Å². The topological polar surface area (TPSA) is 178 Å². The zero-order valence-electron chi connectivity index (χ0n) is 21.4. The molecular weight excluding hydrogens is 554 g/mol. The Balaban J connectivity index is 1.34. The molecule has 0 radical (unpaired) electrons. The number of hydrogen-bond donors (Lipinski definition) is 1. The number of carbonyl (C=O) groups is 4. The molecule has 1 N–H and O–H groups in total. The first-order chi connectivity index (χ1) is 18.0. The SMILES string of the molecule is CC(OC(=O)CCC(=O)OC1C2OC(=O)C3C2OC1C3C(=O)OC(C)(C)OC1CCCC1)C(F)(F)S(=O)(=O)O. The molecule has 4 aliphatic rings. The molecule has 0 aromatic rings. The quantitative estimate of drug-likeness (QED) is 0.159. The molecule has 2 bridgehead atoms. The summed E-state index contributed by atoms with van der Waals surface area (Å²) in [6.07, 6.45) is -4.45. The largest absolute Gasteiger partial charge is 0.455 e. The fourth-order valence-corrected chi connectivity index (χ4v) is 5.90. The summed E-state index contributed by atoms with van der Waals surface area (Å²) >= 11 is 0. The van der Waals surface area contributed by atoms with E-state index in [0.717, 1.165) is 25.7 Å². The van der Waals surface area contributed by atoms with Crippen LogP contribution >= 0.6 is 0 Å². The van der Waals surface area contributed by atoms with Crippen molar-refractivity contribution in [2.24, 2.45) is 11.8 Å². The third-order valence-corrected chi connectivity index (χ3v) is 8.22. The van der Waals surface area contributed by atoms with Crippen LogP contribution in [0.1, 0.15) is 59.3 Å². The number of hydrogen-bond acceptors (Lipinski definition) is 12. The Labute approximate surface area is 222 Å². The van der Waals surface area contributed by atoms with Crippen LogP contribution in [0.2, 0.25) is 0 Å². The summed E-state index contributed by atoms with van der Waals surface area (Å²) in [6.45, 7) is 3.72. The molecule has 3 heterocycles. The molecule has 13 nitrogen and oxygen atoms in total. The van der Waals surface area contributed by atoms with Crippen LogP contribution in [-0.2, 0) is 57.7 Å². The second-order valence-electron chi connectivity index (χ2n) is 10.5. The summed E-state index contributed by atoms with van der Waals surface area (Å²) in [5.41, 5.74) is 0. The molecule has 39 heavy (non-hydrogen) atoms. The second kappa shape index (κ2) is 10.5. The van der Waals surface area contributed by atoms with Gasteiger partial charge in [-0.15, -0.1) is 0 Å². The van der Waals surface area contributed by atoms with Gasteiger partial charge in [-0.05, 0) is 19.8 Å². The summed E-state index contributed by atoms with van der Waals surface area (Å²) < 4.78 is 89.4. The maximum atomic E-state index is 13.6. The standard InChI is InChI=1S/C23H30F2O13S/c1-10(23(24,25)39(30,31)32)33-12(26)8-9-13(27)34-18-17-15(14-16(35-17)19(18)36-20(14)28)21(29)38-22(2,3)37-11-6-4-5-7-11/h10-11,14-19H,4-9H2,1-3H3,(H,30,31,32). The molecular formula is C23H30F2O13S. The van der Waals surface area contributed by atoms with E-state index >= 15 is 0 Å². The van der Waals surface area contributed by atoms with E-state index in [1.807, 2.05) is 0 Å². The molecule has 0 aromatic carbocycles. The molecule has 0 aromatic heterocycles. The van der Waals surface area contributed by atoms with Gasteiger partial charge in [0, 0.05) is 13.8 Å². The van der Waals surface area contributed by atoms with Crippen molar-refractivity contribution in [2.45, 2.75) is 107 Å². The van der Waals surface area contributed by atoms with E-state index in [0.29, 0.717) is 6.92 Å². The van der Waals surface area contributed by atoms with Crippen molar-refractivity contribution in [1.82, 2.24) is 0 Å². The maximum absolute atomic E-state index is 13.6. The molecule has 3 saturated heterocycles. The molecule has 0 amide bonds. The van der Waals surface area contributed by atoms with Gasteiger partial charge < -0.3 is 28.4 Å². The normalized spacial score (nSPS) is 31.2. The highest BCUT2D eigenvalue weighted by Crippen LogP contribution is 2.51. The zero-order valence-corrected chi connectivity index (χ0v) is 22.2. The molecule has 1 aliphatic carbocycles. The number of ether oxygens (including phenoxy) is 6. The number of rotatable bonds is 11. The van der Waals surface area contributed by atoms with Gasteiger partial charge >= 0.3 is 39.2 Å². The molecule has 7 unspecified atom stereocenters. The Bertz CT molecular complexity index is 1120. The van der Waals surface area contributed by atoms with Crippen molar-refractivity contribution in [3.63, 3.8) is 0 Å². The fraction of sp³-hybridized carbons (Fsp3) is 0.826. The van der Waals surface area contributed by atoms with Crippen LogP contribution in [0.25, 0.3) is 0 Å². The number of esters is 4. The predicted octanol–water partition coefficient (Wildman–Crippen LogP) is 1.27. The molecule has 3 aliphatic heterocycles. The average Bonchev–Trinajstić information content (AvgIpc) is 3.56. The summed E-state index contributed by atoms with van der Waals surface area (Å²) in [4.78, 5) is 49.9. The lowest BCUT2D eigenvalue weighted by molar-refractivity contribution is -0.237. The second-order valence-corrected chi connectivity index (χ2v) is 12.0. The van der Waals surface area contributed by atoms with Crippen LogP contribution < -0.4 is 0 Å². The predicted molar refractivity (Wildman–Crippen MR) is 120 cm³/mol. The van der Waals surface area contributed by atoms with Crippen LogP contribution in [0, 0.1) is 11.8 Å². The van der Waals surface area contributed by atoms with Crippen LogP contribution in [0.5, 0.6) is 0 Å². The average molecular weight is 585 g/mol. The Hall–Kier alpha value is -2.43. The lowest BCUT2D eigenvalue weighted by Gasteiger charge is -2.32. The van der Waals surface area contributed by atoms with Gasteiger partial charge in [0.15, 0.2) is 18.3 Å². The minimum Gasteiger partial charge on any atom is -0.455 e. The Kier molecular flexibility index (Phi) is 7.97. The smallest absolute Gasteiger partial charge is 0.405 e. The number of fused-ring (bicyclic) bond motifs is 1. The first-order valence-corrected chi connectivity index (χ1v) is 14.0. The minimum absolute atomic E-state index is 0.0624. The fourth-order valence-electron chi connectivity index (χ4n) is 5.43. The molecule has 4 rings (SSSR count). The first-order valence-electron chi connectivity index (χ1n) is 12.5. The summed E-state index contributed by atoms with van der Waals surface area (Å²) in [6, 6.07) is 0. The summed E-state index contributed by atoms with van der Waals surface area (Å²) in [5.74, 6) is -7.24.